The number of hydrogen-bond acceptors (Lipinski definition) is 2. The highest BCUT2D eigenvalue weighted by molar-refractivity contribution is 6.31. The summed E-state index contributed by atoms with van der Waals surface area (Å²) in [5, 5.41) is 5.11. The average molecular weight is 244 g/mol. The highest BCUT2D eigenvalue weighted by Crippen LogP contribution is 2.33. The lowest BCUT2D eigenvalue weighted by molar-refractivity contribution is 0.222. The van der Waals surface area contributed by atoms with E-state index in [-0.39, 0.29) is 5.41 Å². The summed E-state index contributed by atoms with van der Waals surface area (Å²) in [4.78, 5) is 0. The third-order valence-electron chi connectivity index (χ3n) is 3.69. The first kappa shape index (κ1) is 13.5. The maximum atomic E-state index is 6.26. The summed E-state index contributed by atoms with van der Waals surface area (Å²) in [7, 11) is 1.94. The second-order valence-corrected chi connectivity index (χ2v) is 5.54. The Morgan fingerprint density at radius 2 is 2.06 bits per heavy atom. The summed E-state index contributed by atoms with van der Waals surface area (Å²) in [5.74, 6) is 0.517. The number of nitrogens with two attached hydrogens (primary N) is 1. The van der Waals surface area contributed by atoms with Gasteiger partial charge in [0.25, 0.3) is 0 Å². The molecule has 1 unspecified atom stereocenters. The Kier molecular flexibility index (Phi) is 4.02. The van der Waals surface area contributed by atoms with Crippen LogP contribution in [0.3, 0.4) is 0 Å². The fourth-order valence-corrected chi connectivity index (χ4v) is 1.99. The van der Waals surface area contributed by atoms with Gasteiger partial charge >= 0.3 is 0 Å². The molecule has 4 heteroatoms. The molecule has 1 aromatic rings. The van der Waals surface area contributed by atoms with Crippen molar-refractivity contribution in [3.05, 3.63) is 16.4 Å². The van der Waals surface area contributed by atoms with E-state index in [1.54, 1.807) is 0 Å². The van der Waals surface area contributed by atoms with Gasteiger partial charge in [-0.25, -0.2) is 0 Å². The Labute approximate surface area is 103 Å². The van der Waals surface area contributed by atoms with E-state index in [9.17, 15) is 0 Å². The first-order valence-corrected chi connectivity index (χ1v) is 6.07. The highest BCUT2D eigenvalue weighted by Gasteiger charge is 2.29. The zero-order valence-electron chi connectivity index (χ0n) is 10.8. The highest BCUT2D eigenvalue weighted by atomic mass is 35.5. The van der Waals surface area contributed by atoms with Gasteiger partial charge in [0.15, 0.2) is 0 Å². The standard InChI is InChI=1S/C12H22ClN3/c1-8(2)12(4,7-14)6-10-11(13)9(3)15-16(10)5/h8H,6-7,14H2,1-5H3. The smallest absolute Gasteiger partial charge is 0.0847 e. The Morgan fingerprint density at radius 3 is 2.38 bits per heavy atom. The summed E-state index contributed by atoms with van der Waals surface area (Å²) in [6.07, 6.45) is 0.872. The van der Waals surface area contributed by atoms with Crippen LogP contribution in [0.5, 0.6) is 0 Å². The minimum atomic E-state index is 0.0733. The van der Waals surface area contributed by atoms with Crippen LogP contribution in [0.1, 0.15) is 32.2 Å². The van der Waals surface area contributed by atoms with Gasteiger partial charge < -0.3 is 5.73 Å². The topological polar surface area (TPSA) is 43.8 Å². The molecule has 3 nitrogen and oxygen atoms in total. The van der Waals surface area contributed by atoms with Gasteiger partial charge in [-0.15, -0.1) is 0 Å². The lowest BCUT2D eigenvalue weighted by atomic mass is 9.75. The molecule has 0 aliphatic carbocycles. The molecular weight excluding hydrogens is 222 g/mol. The minimum Gasteiger partial charge on any atom is -0.330 e. The van der Waals surface area contributed by atoms with Crippen molar-refractivity contribution in [2.24, 2.45) is 24.1 Å². The van der Waals surface area contributed by atoms with Crippen molar-refractivity contribution in [2.45, 2.75) is 34.1 Å². The summed E-state index contributed by atoms with van der Waals surface area (Å²) in [6, 6.07) is 0. The Hall–Kier alpha value is -0.540. The van der Waals surface area contributed by atoms with Gasteiger partial charge in [-0.3, -0.25) is 4.68 Å². The van der Waals surface area contributed by atoms with Crippen LogP contribution in [0.15, 0.2) is 0 Å². The fourth-order valence-electron chi connectivity index (χ4n) is 1.77. The Bertz CT molecular complexity index is 371. The van der Waals surface area contributed by atoms with E-state index < -0.39 is 0 Å². The summed E-state index contributed by atoms with van der Waals surface area (Å²) < 4.78 is 1.87. The molecule has 16 heavy (non-hydrogen) atoms. The molecule has 0 radical (unpaired) electrons. The zero-order valence-corrected chi connectivity index (χ0v) is 11.6. The molecule has 1 aromatic heterocycles. The number of hydrogen-bond donors (Lipinski definition) is 1. The van der Waals surface area contributed by atoms with Gasteiger partial charge in [0.1, 0.15) is 0 Å². The maximum Gasteiger partial charge on any atom is 0.0847 e. The van der Waals surface area contributed by atoms with E-state index in [1.165, 1.54) is 0 Å². The predicted octanol–water partition coefficient (Wildman–Crippen LogP) is 2.55. The molecule has 1 rings (SSSR count). The molecule has 0 aliphatic heterocycles. The molecule has 0 fully saturated rings. The molecule has 0 bridgehead atoms. The van der Waals surface area contributed by atoms with Gasteiger partial charge in [-0.1, -0.05) is 32.4 Å². The first-order valence-electron chi connectivity index (χ1n) is 5.70. The summed E-state index contributed by atoms with van der Waals surface area (Å²) in [5.41, 5.74) is 7.94. The number of halogens is 1. The van der Waals surface area contributed by atoms with Gasteiger partial charge in [-0.2, -0.15) is 5.10 Å². The molecule has 1 heterocycles. The van der Waals surface area contributed by atoms with Crippen LogP contribution in [0.25, 0.3) is 0 Å². The SMILES string of the molecule is Cc1nn(C)c(CC(C)(CN)C(C)C)c1Cl. The van der Waals surface area contributed by atoms with Crippen molar-refractivity contribution in [3.8, 4) is 0 Å². The summed E-state index contributed by atoms with van der Waals surface area (Å²) >= 11 is 6.26. The maximum absolute atomic E-state index is 6.26. The van der Waals surface area contributed by atoms with Gasteiger partial charge in [0.05, 0.1) is 16.4 Å². The molecular formula is C12H22ClN3. The van der Waals surface area contributed by atoms with E-state index in [0.717, 1.165) is 22.8 Å². The van der Waals surface area contributed by atoms with Crippen molar-refractivity contribution < 1.29 is 0 Å². The largest absolute Gasteiger partial charge is 0.330 e. The lowest BCUT2D eigenvalue weighted by Gasteiger charge is -2.32. The van der Waals surface area contributed by atoms with Gasteiger partial charge in [0.2, 0.25) is 0 Å². The van der Waals surface area contributed by atoms with Crippen LogP contribution in [0, 0.1) is 18.3 Å². The number of nitrogens with zero attached hydrogens (tertiary/aromatic N) is 2. The second kappa shape index (κ2) is 4.76. The van der Waals surface area contributed by atoms with Gasteiger partial charge in [-0.05, 0) is 31.2 Å². The van der Waals surface area contributed by atoms with Crippen LogP contribution >= 0.6 is 11.6 Å². The second-order valence-electron chi connectivity index (χ2n) is 5.16. The van der Waals surface area contributed by atoms with Crippen LogP contribution in [-0.4, -0.2) is 16.3 Å². The van der Waals surface area contributed by atoms with Crippen LogP contribution in [0.4, 0.5) is 0 Å². The predicted molar refractivity (Wildman–Crippen MR) is 68.7 cm³/mol. The van der Waals surface area contributed by atoms with Crippen LogP contribution in [-0.2, 0) is 13.5 Å². The average Bonchev–Trinajstić information content (AvgIpc) is 2.44. The Balaban J connectivity index is 3.03. The molecule has 0 aromatic carbocycles. The molecule has 0 saturated heterocycles. The molecule has 0 saturated carbocycles. The molecule has 92 valence electrons. The van der Waals surface area contributed by atoms with E-state index in [4.69, 9.17) is 17.3 Å². The number of aryl methyl sites for hydroxylation is 2. The minimum absolute atomic E-state index is 0.0733. The van der Waals surface area contributed by atoms with Crippen molar-refractivity contribution in [2.75, 3.05) is 6.54 Å². The summed E-state index contributed by atoms with van der Waals surface area (Å²) in [6.45, 7) is 9.19. The molecule has 1 atom stereocenters. The molecule has 0 spiro atoms. The third kappa shape index (κ3) is 2.41. The van der Waals surface area contributed by atoms with E-state index in [0.29, 0.717) is 12.5 Å². The van der Waals surface area contributed by atoms with Crippen molar-refractivity contribution in [3.63, 3.8) is 0 Å². The molecule has 2 N–H and O–H groups in total. The monoisotopic (exact) mass is 243 g/mol. The van der Waals surface area contributed by atoms with E-state index in [2.05, 4.69) is 25.9 Å². The van der Waals surface area contributed by atoms with E-state index in [1.807, 2.05) is 18.7 Å². The van der Waals surface area contributed by atoms with Crippen molar-refractivity contribution in [1.82, 2.24) is 9.78 Å². The third-order valence-corrected chi connectivity index (χ3v) is 4.18. The number of aromatic nitrogens is 2. The van der Waals surface area contributed by atoms with Crippen LogP contribution < -0.4 is 5.73 Å². The van der Waals surface area contributed by atoms with Crippen molar-refractivity contribution >= 4 is 11.6 Å². The molecule has 0 aliphatic rings. The first-order chi connectivity index (χ1) is 7.31. The van der Waals surface area contributed by atoms with E-state index >= 15 is 0 Å². The fraction of sp³-hybridized carbons (Fsp3) is 0.750. The quantitative estimate of drug-likeness (QED) is 0.883. The number of rotatable bonds is 4. The molecule has 0 amide bonds. The normalized spacial score (nSPS) is 15.5. The Morgan fingerprint density at radius 1 is 1.50 bits per heavy atom. The van der Waals surface area contributed by atoms with Crippen LogP contribution in [0.2, 0.25) is 5.02 Å². The zero-order chi connectivity index (χ0) is 12.5. The van der Waals surface area contributed by atoms with Gasteiger partial charge in [0, 0.05) is 7.05 Å². The lowest BCUT2D eigenvalue weighted by Crippen LogP contribution is -2.35. The van der Waals surface area contributed by atoms with Crippen molar-refractivity contribution in [1.29, 1.82) is 0 Å².